The molecule has 6 nitrogen and oxygen atoms in total. The van der Waals surface area contributed by atoms with Gasteiger partial charge in [-0.2, -0.15) is 0 Å². The zero-order chi connectivity index (χ0) is 20.8. The van der Waals surface area contributed by atoms with Gasteiger partial charge < -0.3 is 9.47 Å². The zero-order valence-corrected chi connectivity index (χ0v) is 17.0. The van der Waals surface area contributed by atoms with Crippen LogP contribution in [0.3, 0.4) is 0 Å². The standard InChI is InChI=1S/C24H28N2O4/c27-23(16-19-15-17-10-11-18(19)14-17)25-26-24(28)21-8-4-5-9-22(21)30-13-12-29-20-6-2-1-3-7-20/h1-9,17-19H,10-16H2,(H,25,27)(H,26,28)/t17-,18-,19-/m1/s1. The van der Waals surface area contributed by atoms with Crippen LogP contribution in [-0.4, -0.2) is 25.0 Å². The summed E-state index contributed by atoms with van der Waals surface area (Å²) >= 11 is 0. The normalized spacial score (nSPS) is 21.8. The summed E-state index contributed by atoms with van der Waals surface area (Å²) in [6, 6.07) is 16.5. The molecule has 2 fully saturated rings. The smallest absolute Gasteiger partial charge is 0.273 e. The number of nitrogens with one attached hydrogen (secondary N) is 2. The molecule has 2 aromatic carbocycles. The van der Waals surface area contributed by atoms with Crippen LogP contribution in [0.25, 0.3) is 0 Å². The molecule has 0 unspecified atom stereocenters. The Balaban J connectivity index is 1.23. The number of para-hydroxylation sites is 2. The van der Waals surface area contributed by atoms with E-state index in [1.807, 2.05) is 30.3 Å². The molecule has 2 aliphatic carbocycles. The van der Waals surface area contributed by atoms with Gasteiger partial charge in [-0.1, -0.05) is 36.8 Å². The fourth-order valence-corrected chi connectivity index (χ4v) is 4.72. The summed E-state index contributed by atoms with van der Waals surface area (Å²) in [5.41, 5.74) is 5.46. The van der Waals surface area contributed by atoms with Crippen molar-refractivity contribution in [3.63, 3.8) is 0 Å². The van der Waals surface area contributed by atoms with Crippen LogP contribution in [0.4, 0.5) is 0 Å². The highest BCUT2D eigenvalue weighted by Gasteiger charge is 2.40. The molecule has 2 amide bonds. The van der Waals surface area contributed by atoms with Crippen LogP contribution in [-0.2, 0) is 4.79 Å². The number of amides is 2. The molecule has 2 N–H and O–H groups in total. The monoisotopic (exact) mass is 408 g/mol. The van der Waals surface area contributed by atoms with E-state index in [4.69, 9.17) is 9.47 Å². The maximum atomic E-state index is 12.6. The van der Waals surface area contributed by atoms with Crippen molar-refractivity contribution in [2.75, 3.05) is 13.2 Å². The number of fused-ring (bicyclic) bond motifs is 2. The van der Waals surface area contributed by atoms with E-state index in [9.17, 15) is 9.59 Å². The van der Waals surface area contributed by atoms with Gasteiger partial charge in [0.2, 0.25) is 5.91 Å². The molecule has 158 valence electrons. The molecule has 4 rings (SSSR count). The lowest BCUT2D eigenvalue weighted by molar-refractivity contribution is -0.123. The van der Waals surface area contributed by atoms with Crippen molar-refractivity contribution >= 4 is 11.8 Å². The van der Waals surface area contributed by atoms with Crippen LogP contribution >= 0.6 is 0 Å². The Bertz CT molecular complexity index is 871. The second kappa shape index (κ2) is 9.65. The highest BCUT2D eigenvalue weighted by Crippen LogP contribution is 2.49. The van der Waals surface area contributed by atoms with Crippen molar-refractivity contribution in [2.45, 2.75) is 32.1 Å². The van der Waals surface area contributed by atoms with Crippen LogP contribution in [0, 0.1) is 17.8 Å². The third-order valence-electron chi connectivity index (χ3n) is 6.13. The van der Waals surface area contributed by atoms with Gasteiger partial charge in [0, 0.05) is 6.42 Å². The van der Waals surface area contributed by atoms with E-state index < -0.39 is 5.91 Å². The summed E-state index contributed by atoms with van der Waals surface area (Å²) in [6.07, 6.45) is 5.45. The summed E-state index contributed by atoms with van der Waals surface area (Å²) < 4.78 is 11.3. The van der Waals surface area contributed by atoms with Crippen LogP contribution in [0.2, 0.25) is 0 Å². The lowest BCUT2D eigenvalue weighted by Crippen LogP contribution is -2.42. The Morgan fingerprint density at radius 3 is 2.40 bits per heavy atom. The van der Waals surface area contributed by atoms with Crippen LogP contribution in [0.5, 0.6) is 11.5 Å². The number of hydrazine groups is 1. The molecular weight excluding hydrogens is 380 g/mol. The maximum Gasteiger partial charge on any atom is 0.273 e. The summed E-state index contributed by atoms with van der Waals surface area (Å²) in [5.74, 6) is 2.65. The highest BCUT2D eigenvalue weighted by atomic mass is 16.5. The minimum Gasteiger partial charge on any atom is -0.490 e. The number of carbonyl (C=O) groups is 2. The number of carbonyl (C=O) groups excluding carboxylic acids is 2. The Kier molecular flexibility index (Phi) is 6.52. The molecule has 2 saturated carbocycles. The van der Waals surface area contributed by atoms with Gasteiger partial charge in [0.1, 0.15) is 24.7 Å². The van der Waals surface area contributed by atoms with Gasteiger partial charge >= 0.3 is 0 Å². The Morgan fingerprint density at radius 1 is 0.867 bits per heavy atom. The topological polar surface area (TPSA) is 76.7 Å². The third kappa shape index (κ3) is 5.12. The minimum absolute atomic E-state index is 0.129. The van der Waals surface area contributed by atoms with Gasteiger partial charge in [0.15, 0.2) is 0 Å². The van der Waals surface area contributed by atoms with Crippen molar-refractivity contribution in [2.24, 2.45) is 17.8 Å². The second-order valence-corrected chi connectivity index (χ2v) is 8.15. The molecular formula is C24H28N2O4. The first-order valence-electron chi connectivity index (χ1n) is 10.7. The molecule has 0 aliphatic heterocycles. The van der Waals surface area contributed by atoms with Crippen molar-refractivity contribution < 1.29 is 19.1 Å². The third-order valence-corrected chi connectivity index (χ3v) is 6.13. The molecule has 2 aliphatic rings. The van der Waals surface area contributed by atoms with Gasteiger partial charge in [0.05, 0.1) is 5.56 Å². The first-order chi connectivity index (χ1) is 14.7. The van der Waals surface area contributed by atoms with Gasteiger partial charge in [-0.25, -0.2) is 0 Å². The molecule has 0 aromatic heterocycles. The molecule has 0 saturated heterocycles. The molecule has 0 heterocycles. The van der Waals surface area contributed by atoms with Crippen molar-refractivity contribution in [3.8, 4) is 11.5 Å². The fourth-order valence-electron chi connectivity index (χ4n) is 4.72. The molecule has 0 spiro atoms. The van der Waals surface area contributed by atoms with E-state index in [1.165, 1.54) is 19.3 Å². The van der Waals surface area contributed by atoms with Crippen LogP contribution in [0.1, 0.15) is 42.5 Å². The molecule has 2 aromatic rings. The molecule has 6 heteroatoms. The highest BCUT2D eigenvalue weighted by molar-refractivity contribution is 5.97. The van der Waals surface area contributed by atoms with Crippen molar-refractivity contribution in [1.29, 1.82) is 0 Å². The summed E-state index contributed by atoms with van der Waals surface area (Å²) in [5, 5.41) is 0. The van der Waals surface area contributed by atoms with E-state index in [1.54, 1.807) is 24.3 Å². The maximum absolute atomic E-state index is 12.6. The first-order valence-corrected chi connectivity index (χ1v) is 10.7. The summed E-state index contributed by atoms with van der Waals surface area (Å²) in [4.78, 5) is 24.8. The Hall–Kier alpha value is -3.02. The summed E-state index contributed by atoms with van der Waals surface area (Å²) in [7, 11) is 0. The van der Waals surface area contributed by atoms with Gasteiger partial charge in [-0.3, -0.25) is 20.4 Å². The van der Waals surface area contributed by atoms with Gasteiger partial charge in [-0.15, -0.1) is 0 Å². The first kappa shape index (κ1) is 20.3. The van der Waals surface area contributed by atoms with E-state index in [2.05, 4.69) is 10.9 Å². The Labute approximate surface area is 176 Å². The lowest BCUT2D eigenvalue weighted by atomic mass is 9.86. The van der Waals surface area contributed by atoms with Crippen molar-refractivity contribution in [3.05, 3.63) is 60.2 Å². The molecule has 2 bridgehead atoms. The van der Waals surface area contributed by atoms with Crippen molar-refractivity contribution in [1.82, 2.24) is 10.9 Å². The predicted octanol–water partition coefficient (Wildman–Crippen LogP) is 3.73. The summed E-state index contributed by atoms with van der Waals surface area (Å²) in [6.45, 7) is 0.663. The average molecular weight is 408 g/mol. The Morgan fingerprint density at radius 2 is 1.63 bits per heavy atom. The molecule has 3 atom stereocenters. The van der Waals surface area contributed by atoms with E-state index >= 15 is 0 Å². The van der Waals surface area contributed by atoms with E-state index in [0.29, 0.717) is 42.8 Å². The molecule has 0 radical (unpaired) electrons. The second-order valence-electron chi connectivity index (χ2n) is 8.15. The number of ether oxygens (including phenoxy) is 2. The number of hydrogen-bond donors (Lipinski definition) is 2. The average Bonchev–Trinajstić information content (AvgIpc) is 3.39. The van der Waals surface area contributed by atoms with Crippen LogP contribution in [0.15, 0.2) is 54.6 Å². The molecule has 30 heavy (non-hydrogen) atoms. The number of benzene rings is 2. The van der Waals surface area contributed by atoms with E-state index in [0.717, 1.165) is 18.1 Å². The fraction of sp³-hybridized carbons (Fsp3) is 0.417. The van der Waals surface area contributed by atoms with Crippen LogP contribution < -0.4 is 20.3 Å². The predicted molar refractivity (Wildman–Crippen MR) is 113 cm³/mol. The number of rotatable bonds is 8. The largest absolute Gasteiger partial charge is 0.490 e. The minimum atomic E-state index is -0.393. The SMILES string of the molecule is O=C(C[C@H]1C[C@@H]2CC[C@@H]1C2)NNC(=O)c1ccccc1OCCOc1ccccc1. The zero-order valence-electron chi connectivity index (χ0n) is 17.0. The van der Waals surface area contributed by atoms with E-state index in [-0.39, 0.29) is 5.91 Å². The van der Waals surface area contributed by atoms with Gasteiger partial charge in [0.25, 0.3) is 5.91 Å². The number of hydrogen-bond acceptors (Lipinski definition) is 4. The lowest BCUT2D eigenvalue weighted by Gasteiger charge is -2.21. The quantitative estimate of drug-likeness (QED) is 0.515. The van der Waals surface area contributed by atoms with Gasteiger partial charge in [-0.05, 0) is 61.3 Å².